The number of thioether (sulfide) groups is 2. The number of hydrogen-bond acceptors (Lipinski definition) is 6. The summed E-state index contributed by atoms with van der Waals surface area (Å²) in [5, 5.41) is 1.59. The topological polar surface area (TPSA) is 45.1 Å². The van der Waals surface area contributed by atoms with Crippen LogP contribution in [0.2, 0.25) is 0 Å². The largest absolute Gasteiger partial charge is 0.497 e. The molecule has 1 fully saturated rings. The summed E-state index contributed by atoms with van der Waals surface area (Å²) in [6, 6.07) is 34.5. The molecule has 2 heterocycles. The van der Waals surface area contributed by atoms with Crippen molar-refractivity contribution in [3.63, 3.8) is 0 Å². The zero-order chi connectivity index (χ0) is 26.1. The van der Waals surface area contributed by atoms with E-state index in [1.165, 1.54) is 11.8 Å². The number of hydrogen-bond donors (Lipinski definition) is 0. The molecule has 0 aromatic heterocycles. The van der Waals surface area contributed by atoms with Gasteiger partial charge in [-0.05, 0) is 52.7 Å². The zero-order valence-corrected chi connectivity index (χ0v) is 22.6. The predicted molar refractivity (Wildman–Crippen MR) is 158 cm³/mol. The quantitative estimate of drug-likeness (QED) is 0.247. The number of anilines is 1. The molecule has 188 valence electrons. The van der Waals surface area contributed by atoms with E-state index in [1.807, 2.05) is 85.9 Å². The monoisotopic (exact) mass is 535 g/mol. The van der Waals surface area contributed by atoms with Crippen molar-refractivity contribution >= 4 is 46.0 Å². The average Bonchev–Trinajstić information content (AvgIpc) is 3.45. The van der Waals surface area contributed by atoms with Gasteiger partial charge < -0.3 is 9.64 Å². The number of carbonyl (C=O) groups is 1. The van der Waals surface area contributed by atoms with Crippen LogP contribution in [0.5, 0.6) is 5.75 Å². The van der Waals surface area contributed by atoms with Crippen LogP contribution in [-0.4, -0.2) is 30.1 Å². The van der Waals surface area contributed by atoms with Gasteiger partial charge in [0.2, 0.25) is 0 Å². The minimum atomic E-state index is -0.0346. The SMILES string of the molecule is COc1ccc2c(c1)N(C)/C(=C1/SC(=Nc3ccc(-c4ccccc4)cc3)N(Cc3ccccc3)C1=O)S2. The number of benzene rings is 4. The second-order valence-corrected chi connectivity index (χ2v) is 10.9. The summed E-state index contributed by atoms with van der Waals surface area (Å²) >= 11 is 3.04. The molecule has 2 aliphatic heterocycles. The Labute approximate surface area is 230 Å². The maximum atomic E-state index is 13.9. The Morgan fingerprint density at radius 3 is 2.21 bits per heavy atom. The van der Waals surface area contributed by atoms with E-state index in [0.29, 0.717) is 16.6 Å². The first-order valence-electron chi connectivity index (χ1n) is 12.2. The fourth-order valence-electron chi connectivity index (χ4n) is 4.45. The molecule has 4 aromatic rings. The van der Waals surface area contributed by atoms with Gasteiger partial charge >= 0.3 is 0 Å². The van der Waals surface area contributed by atoms with Crippen LogP contribution < -0.4 is 9.64 Å². The highest BCUT2D eigenvalue weighted by Gasteiger charge is 2.39. The lowest BCUT2D eigenvalue weighted by Crippen LogP contribution is -2.29. The number of methoxy groups -OCH3 is 1. The van der Waals surface area contributed by atoms with Crippen molar-refractivity contribution in [3.05, 3.63) is 119 Å². The van der Waals surface area contributed by atoms with E-state index in [-0.39, 0.29) is 5.91 Å². The molecular formula is C31H25N3O2S2. The molecule has 0 saturated carbocycles. The third kappa shape index (κ3) is 4.71. The van der Waals surface area contributed by atoms with Gasteiger partial charge in [0.25, 0.3) is 5.91 Å². The molecule has 2 aliphatic rings. The molecule has 5 nitrogen and oxygen atoms in total. The van der Waals surface area contributed by atoms with Crippen LogP contribution in [0.3, 0.4) is 0 Å². The van der Waals surface area contributed by atoms with Crippen molar-refractivity contribution in [3.8, 4) is 16.9 Å². The van der Waals surface area contributed by atoms with Crippen LogP contribution in [0.1, 0.15) is 5.56 Å². The van der Waals surface area contributed by atoms with E-state index in [9.17, 15) is 4.79 Å². The molecule has 1 saturated heterocycles. The minimum absolute atomic E-state index is 0.0346. The summed E-state index contributed by atoms with van der Waals surface area (Å²) in [4.78, 5) is 24.4. The smallest absolute Gasteiger partial charge is 0.269 e. The first-order valence-corrected chi connectivity index (χ1v) is 13.9. The molecule has 0 radical (unpaired) electrons. The van der Waals surface area contributed by atoms with E-state index in [2.05, 4.69) is 29.2 Å². The summed E-state index contributed by atoms with van der Waals surface area (Å²) in [7, 11) is 3.66. The van der Waals surface area contributed by atoms with Crippen LogP contribution >= 0.6 is 23.5 Å². The minimum Gasteiger partial charge on any atom is -0.497 e. The molecule has 38 heavy (non-hydrogen) atoms. The van der Waals surface area contributed by atoms with Crippen molar-refractivity contribution in [1.29, 1.82) is 0 Å². The van der Waals surface area contributed by atoms with Gasteiger partial charge in [-0.15, -0.1) is 0 Å². The van der Waals surface area contributed by atoms with Gasteiger partial charge in [-0.1, -0.05) is 84.6 Å². The maximum Gasteiger partial charge on any atom is 0.269 e. The molecule has 0 spiro atoms. The van der Waals surface area contributed by atoms with Crippen LogP contribution in [0.25, 0.3) is 11.1 Å². The van der Waals surface area contributed by atoms with E-state index in [0.717, 1.165) is 43.7 Å². The number of fused-ring (bicyclic) bond motifs is 1. The number of amides is 1. The van der Waals surface area contributed by atoms with E-state index < -0.39 is 0 Å². The van der Waals surface area contributed by atoms with Crippen LogP contribution in [-0.2, 0) is 11.3 Å². The highest BCUT2D eigenvalue weighted by Crippen LogP contribution is 2.51. The lowest BCUT2D eigenvalue weighted by molar-refractivity contribution is -0.122. The molecule has 4 aromatic carbocycles. The summed E-state index contributed by atoms with van der Waals surface area (Å²) < 4.78 is 5.42. The molecular weight excluding hydrogens is 510 g/mol. The Hall–Kier alpha value is -3.94. The molecule has 1 amide bonds. The highest BCUT2D eigenvalue weighted by atomic mass is 32.2. The fourth-order valence-corrected chi connectivity index (χ4v) is 6.77. The third-order valence-corrected chi connectivity index (χ3v) is 8.91. The molecule has 0 N–H and O–H groups in total. The Morgan fingerprint density at radius 1 is 0.816 bits per heavy atom. The standard InChI is InChI=1S/C31H25N3O2S2/c1-33-26-19-25(36-2)17-18-27(26)37-30(33)28-29(35)34(20-21-9-5-3-6-10-21)31(38-28)32-24-15-13-23(14-16-24)22-11-7-4-8-12-22/h3-19H,20H2,1-2H3/b30-28-,32-31?. The van der Waals surface area contributed by atoms with Crippen LogP contribution in [0.4, 0.5) is 11.4 Å². The Bertz CT molecular complexity index is 1550. The van der Waals surface area contributed by atoms with Gasteiger partial charge in [0.05, 0.1) is 30.1 Å². The zero-order valence-electron chi connectivity index (χ0n) is 21.0. The summed E-state index contributed by atoms with van der Waals surface area (Å²) in [5.74, 6) is 0.757. The Balaban J connectivity index is 1.36. The second kappa shape index (κ2) is 10.4. The Kier molecular flexibility index (Phi) is 6.70. The van der Waals surface area contributed by atoms with E-state index >= 15 is 0 Å². The van der Waals surface area contributed by atoms with E-state index in [1.54, 1.807) is 23.8 Å². The number of amidine groups is 1. The molecule has 6 rings (SSSR count). The van der Waals surface area contributed by atoms with Crippen molar-refractivity contribution < 1.29 is 9.53 Å². The van der Waals surface area contributed by atoms with Gasteiger partial charge in [-0.25, -0.2) is 4.99 Å². The van der Waals surface area contributed by atoms with Gasteiger partial charge in [0, 0.05) is 18.0 Å². The molecule has 0 unspecified atom stereocenters. The predicted octanol–water partition coefficient (Wildman–Crippen LogP) is 7.54. The maximum absolute atomic E-state index is 13.9. The molecule has 0 atom stereocenters. The molecule has 0 bridgehead atoms. The lowest BCUT2D eigenvalue weighted by Gasteiger charge is -2.17. The normalized spacial score (nSPS) is 17.8. The van der Waals surface area contributed by atoms with Gasteiger partial charge in [0.1, 0.15) is 10.7 Å². The van der Waals surface area contributed by atoms with E-state index in [4.69, 9.17) is 9.73 Å². The van der Waals surface area contributed by atoms with Crippen molar-refractivity contribution in [2.45, 2.75) is 11.4 Å². The summed E-state index contributed by atoms with van der Waals surface area (Å²) in [5.41, 5.74) is 5.19. The first-order chi connectivity index (χ1) is 18.6. The van der Waals surface area contributed by atoms with Gasteiger partial charge in [0.15, 0.2) is 5.17 Å². The highest BCUT2D eigenvalue weighted by molar-refractivity contribution is 8.19. The van der Waals surface area contributed by atoms with Crippen molar-refractivity contribution in [2.75, 3.05) is 19.1 Å². The number of nitrogens with zero attached hydrogens (tertiary/aromatic N) is 3. The van der Waals surface area contributed by atoms with Gasteiger partial charge in [-0.3, -0.25) is 9.69 Å². The van der Waals surface area contributed by atoms with Crippen LogP contribution in [0, 0.1) is 0 Å². The lowest BCUT2D eigenvalue weighted by atomic mass is 10.1. The second-order valence-electron chi connectivity index (χ2n) is 8.92. The van der Waals surface area contributed by atoms with Crippen LogP contribution in [0.15, 0.2) is 123 Å². The van der Waals surface area contributed by atoms with Crippen molar-refractivity contribution in [2.24, 2.45) is 4.99 Å². The number of aliphatic imine (C=N–C) groups is 1. The molecule has 0 aliphatic carbocycles. The summed E-state index contributed by atoms with van der Waals surface area (Å²) in [6.45, 7) is 0.458. The van der Waals surface area contributed by atoms with Crippen molar-refractivity contribution in [1.82, 2.24) is 4.90 Å². The molecule has 7 heteroatoms. The number of rotatable bonds is 5. The number of carbonyl (C=O) groups excluding carboxylic acids is 1. The Morgan fingerprint density at radius 2 is 1.50 bits per heavy atom. The average molecular weight is 536 g/mol. The fraction of sp³-hybridized carbons (Fsp3) is 0.0968. The summed E-state index contributed by atoms with van der Waals surface area (Å²) in [6.07, 6.45) is 0. The third-order valence-electron chi connectivity index (χ3n) is 6.48. The van der Waals surface area contributed by atoms with Gasteiger partial charge in [-0.2, -0.15) is 0 Å². The number of ether oxygens (including phenoxy) is 1. The first kappa shape index (κ1) is 24.4.